The van der Waals surface area contributed by atoms with Crippen LogP contribution in [0.25, 0.3) is 0 Å². The zero-order chi connectivity index (χ0) is 12.5. The molecule has 18 heavy (non-hydrogen) atoms. The van der Waals surface area contributed by atoms with Crippen molar-refractivity contribution in [1.29, 1.82) is 0 Å². The predicted molar refractivity (Wildman–Crippen MR) is 66.8 cm³/mol. The van der Waals surface area contributed by atoms with Crippen LogP contribution in [0.5, 0.6) is 5.75 Å². The average molecular weight is 248 g/mol. The van der Waals surface area contributed by atoms with Gasteiger partial charge in [-0.15, -0.1) is 0 Å². The molecule has 1 aromatic carbocycles. The lowest BCUT2D eigenvalue weighted by Gasteiger charge is -2.27. The third kappa shape index (κ3) is 1.80. The monoisotopic (exact) mass is 248 g/mol. The number of morpholine rings is 1. The van der Waals surface area contributed by atoms with E-state index < -0.39 is 0 Å². The Labute approximate surface area is 105 Å². The van der Waals surface area contributed by atoms with Gasteiger partial charge in [0.2, 0.25) is 0 Å². The van der Waals surface area contributed by atoms with Gasteiger partial charge in [-0.1, -0.05) is 0 Å². The van der Waals surface area contributed by atoms with Crippen molar-refractivity contribution in [1.82, 2.24) is 4.90 Å². The van der Waals surface area contributed by atoms with E-state index >= 15 is 0 Å². The Kier molecular flexibility index (Phi) is 2.83. The lowest BCUT2D eigenvalue weighted by Crippen LogP contribution is -2.41. The van der Waals surface area contributed by atoms with Crippen molar-refractivity contribution in [2.24, 2.45) is 0 Å². The van der Waals surface area contributed by atoms with Crippen LogP contribution in [0, 0.1) is 0 Å². The summed E-state index contributed by atoms with van der Waals surface area (Å²) in [6.45, 7) is 3.13. The molecule has 5 heteroatoms. The molecule has 0 atom stereocenters. The number of hydrogen-bond acceptors (Lipinski definition) is 4. The van der Waals surface area contributed by atoms with Crippen LogP contribution in [0.4, 0.5) is 5.69 Å². The number of hydrogen-bond donors (Lipinski definition) is 1. The quantitative estimate of drug-likeness (QED) is 0.742. The van der Waals surface area contributed by atoms with Crippen molar-refractivity contribution in [3.8, 4) is 5.75 Å². The Hall–Kier alpha value is -1.75. The molecule has 0 radical (unpaired) electrons. The number of fused-ring (bicyclic) bond motifs is 1. The standard InChI is InChI=1S/C13H16N2O3/c14-11-2-1-10(9-3-6-18-12(9)11)13(16)15-4-7-17-8-5-15/h1-2H,3-8,14H2. The Bertz CT molecular complexity index is 481. The molecule has 0 unspecified atom stereocenters. The van der Waals surface area contributed by atoms with Crippen molar-refractivity contribution in [3.63, 3.8) is 0 Å². The molecule has 2 aliphatic rings. The second-order valence-corrected chi connectivity index (χ2v) is 4.51. The fourth-order valence-corrected chi connectivity index (χ4v) is 2.46. The fourth-order valence-electron chi connectivity index (χ4n) is 2.46. The summed E-state index contributed by atoms with van der Waals surface area (Å²) in [7, 11) is 0. The van der Waals surface area contributed by atoms with Gasteiger partial charge in [-0.3, -0.25) is 4.79 Å². The SMILES string of the molecule is Nc1ccc(C(=O)N2CCOCC2)c2c1OCC2. The summed E-state index contributed by atoms with van der Waals surface area (Å²) in [4.78, 5) is 14.3. The van der Waals surface area contributed by atoms with E-state index in [1.54, 1.807) is 12.1 Å². The summed E-state index contributed by atoms with van der Waals surface area (Å²) >= 11 is 0. The van der Waals surface area contributed by atoms with Gasteiger partial charge >= 0.3 is 0 Å². The van der Waals surface area contributed by atoms with Crippen LogP contribution in [-0.4, -0.2) is 43.7 Å². The Morgan fingerprint density at radius 3 is 2.78 bits per heavy atom. The zero-order valence-electron chi connectivity index (χ0n) is 10.1. The van der Waals surface area contributed by atoms with Crippen LogP contribution in [0.2, 0.25) is 0 Å². The molecule has 2 N–H and O–H groups in total. The van der Waals surface area contributed by atoms with E-state index in [-0.39, 0.29) is 5.91 Å². The highest BCUT2D eigenvalue weighted by atomic mass is 16.5. The fraction of sp³-hybridized carbons (Fsp3) is 0.462. The maximum atomic E-state index is 12.4. The molecule has 0 bridgehead atoms. The molecule has 2 heterocycles. The largest absolute Gasteiger partial charge is 0.491 e. The number of nitrogen functional groups attached to an aromatic ring is 1. The van der Waals surface area contributed by atoms with Gasteiger partial charge in [0.1, 0.15) is 5.75 Å². The number of nitrogens with zero attached hydrogens (tertiary/aromatic N) is 1. The summed E-state index contributed by atoms with van der Waals surface area (Å²) in [6.07, 6.45) is 0.756. The first-order valence-electron chi connectivity index (χ1n) is 6.18. The van der Waals surface area contributed by atoms with E-state index in [0.717, 1.165) is 17.5 Å². The number of carbonyl (C=O) groups excluding carboxylic acids is 1. The average Bonchev–Trinajstić information content (AvgIpc) is 2.90. The van der Waals surface area contributed by atoms with Crippen molar-refractivity contribution in [2.45, 2.75) is 6.42 Å². The van der Waals surface area contributed by atoms with Crippen LogP contribution >= 0.6 is 0 Å². The van der Waals surface area contributed by atoms with Crippen LogP contribution in [0.15, 0.2) is 12.1 Å². The molecule has 0 spiro atoms. The summed E-state index contributed by atoms with van der Waals surface area (Å²) in [5.41, 5.74) is 8.13. The number of rotatable bonds is 1. The van der Waals surface area contributed by atoms with Gasteiger partial charge in [-0.25, -0.2) is 0 Å². The van der Waals surface area contributed by atoms with Crippen molar-refractivity contribution in [2.75, 3.05) is 38.6 Å². The molecule has 0 aromatic heterocycles. The first-order chi connectivity index (χ1) is 8.77. The maximum absolute atomic E-state index is 12.4. The second-order valence-electron chi connectivity index (χ2n) is 4.51. The molecule has 1 amide bonds. The van der Waals surface area contributed by atoms with Gasteiger partial charge in [0, 0.05) is 30.6 Å². The van der Waals surface area contributed by atoms with E-state index in [1.807, 2.05) is 4.90 Å². The van der Waals surface area contributed by atoms with Gasteiger partial charge in [0.05, 0.1) is 25.5 Å². The van der Waals surface area contributed by atoms with Crippen LogP contribution in [0.1, 0.15) is 15.9 Å². The number of nitrogens with two attached hydrogens (primary N) is 1. The van der Waals surface area contributed by atoms with Crippen LogP contribution < -0.4 is 10.5 Å². The molecule has 96 valence electrons. The Balaban J connectivity index is 1.92. The third-order valence-electron chi connectivity index (χ3n) is 3.42. The summed E-state index contributed by atoms with van der Waals surface area (Å²) in [6, 6.07) is 3.55. The van der Waals surface area contributed by atoms with Crippen molar-refractivity contribution >= 4 is 11.6 Å². The van der Waals surface area contributed by atoms with E-state index in [9.17, 15) is 4.79 Å². The maximum Gasteiger partial charge on any atom is 0.254 e. The first kappa shape index (κ1) is 11.3. The molecule has 0 saturated carbocycles. The van der Waals surface area contributed by atoms with Gasteiger partial charge in [0.25, 0.3) is 5.91 Å². The minimum Gasteiger partial charge on any atom is -0.491 e. The summed E-state index contributed by atoms with van der Waals surface area (Å²) < 4.78 is 10.7. The van der Waals surface area contributed by atoms with E-state index in [0.29, 0.717) is 44.3 Å². The molecular formula is C13H16N2O3. The number of amides is 1. The number of anilines is 1. The Morgan fingerprint density at radius 1 is 1.22 bits per heavy atom. The Morgan fingerprint density at radius 2 is 2.00 bits per heavy atom. The van der Waals surface area contributed by atoms with Gasteiger partial charge in [0.15, 0.2) is 0 Å². The highest BCUT2D eigenvalue weighted by molar-refractivity contribution is 5.97. The van der Waals surface area contributed by atoms with Gasteiger partial charge < -0.3 is 20.1 Å². The van der Waals surface area contributed by atoms with E-state index in [1.165, 1.54) is 0 Å². The minimum atomic E-state index is 0.0556. The van der Waals surface area contributed by atoms with Crippen molar-refractivity contribution < 1.29 is 14.3 Å². The van der Waals surface area contributed by atoms with Gasteiger partial charge in [-0.05, 0) is 12.1 Å². The molecule has 1 saturated heterocycles. The molecular weight excluding hydrogens is 232 g/mol. The molecule has 0 aliphatic carbocycles. The first-order valence-corrected chi connectivity index (χ1v) is 6.18. The second kappa shape index (κ2) is 4.49. The van der Waals surface area contributed by atoms with Gasteiger partial charge in [-0.2, -0.15) is 0 Å². The van der Waals surface area contributed by atoms with Crippen molar-refractivity contribution in [3.05, 3.63) is 23.3 Å². The number of carbonyl (C=O) groups is 1. The lowest BCUT2D eigenvalue weighted by atomic mass is 10.0. The third-order valence-corrected chi connectivity index (χ3v) is 3.42. The predicted octanol–water partition coefficient (Wildman–Crippen LogP) is 0.676. The molecule has 1 aromatic rings. The highest BCUT2D eigenvalue weighted by Gasteiger charge is 2.26. The molecule has 1 fully saturated rings. The number of ether oxygens (including phenoxy) is 2. The van der Waals surface area contributed by atoms with Crippen LogP contribution in [-0.2, 0) is 11.2 Å². The van der Waals surface area contributed by atoms with E-state index in [4.69, 9.17) is 15.2 Å². The smallest absolute Gasteiger partial charge is 0.254 e. The minimum absolute atomic E-state index is 0.0556. The number of benzene rings is 1. The van der Waals surface area contributed by atoms with Crippen LogP contribution in [0.3, 0.4) is 0 Å². The van der Waals surface area contributed by atoms with E-state index in [2.05, 4.69) is 0 Å². The lowest BCUT2D eigenvalue weighted by molar-refractivity contribution is 0.0302. The molecule has 5 nitrogen and oxygen atoms in total. The zero-order valence-corrected chi connectivity index (χ0v) is 10.1. The summed E-state index contributed by atoms with van der Waals surface area (Å²) in [5.74, 6) is 0.745. The topological polar surface area (TPSA) is 64.8 Å². The summed E-state index contributed by atoms with van der Waals surface area (Å²) in [5, 5.41) is 0. The normalized spacial score (nSPS) is 18.3. The molecule has 3 rings (SSSR count). The molecule has 2 aliphatic heterocycles. The highest BCUT2D eigenvalue weighted by Crippen LogP contribution is 2.34.